The van der Waals surface area contributed by atoms with Gasteiger partial charge in [0, 0.05) is 17.7 Å². The molecule has 3 N–H and O–H groups in total. The fraction of sp³-hybridized carbons (Fsp3) is 0.280. The molecule has 0 unspecified atom stereocenters. The molecule has 0 aliphatic heterocycles. The van der Waals surface area contributed by atoms with Gasteiger partial charge < -0.3 is 14.6 Å². The first-order valence-electron chi connectivity index (χ1n) is 12.0. The Kier molecular flexibility index (Phi) is 7.13. The third kappa shape index (κ3) is 5.82. The van der Waals surface area contributed by atoms with E-state index in [9.17, 15) is 34.8 Å². The van der Waals surface area contributed by atoms with Gasteiger partial charge in [0.05, 0.1) is 11.4 Å². The molecule has 0 spiro atoms. The molecule has 1 aliphatic carbocycles. The SMILES string of the molecule is C[C@H](Oc1cc(-c2cc(Nc3cc(C4(C(F)(F)F)CC4)on3)n[nH]2)ccc1NS(=O)(=O)C(F)F)c1ccc(F)cc1. The number of rotatable bonds is 10. The van der Waals surface area contributed by atoms with Gasteiger partial charge >= 0.3 is 11.9 Å². The van der Waals surface area contributed by atoms with Gasteiger partial charge in [-0.25, -0.2) is 12.8 Å². The number of nitrogens with one attached hydrogen (secondary N) is 3. The summed E-state index contributed by atoms with van der Waals surface area (Å²) in [6, 6.07) is 11.9. The van der Waals surface area contributed by atoms with Crippen molar-refractivity contribution in [3.05, 3.63) is 71.7 Å². The van der Waals surface area contributed by atoms with E-state index in [1.165, 1.54) is 48.5 Å². The smallest absolute Gasteiger partial charge is 0.401 e. The molecule has 9 nitrogen and oxygen atoms in total. The lowest BCUT2D eigenvalue weighted by molar-refractivity contribution is -0.165. The van der Waals surface area contributed by atoms with Crippen LogP contribution in [0.15, 0.2) is 59.1 Å². The molecule has 2 aromatic carbocycles. The molecular formula is C25H21F6N5O4S. The van der Waals surface area contributed by atoms with Crippen molar-refractivity contribution >= 4 is 27.3 Å². The van der Waals surface area contributed by atoms with Crippen LogP contribution in [0.2, 0.25) is 0 Å². The Morgan fingerprint density at radius 1 is 1.05 bits per heavy atom. The van der Waals surface area contributed by atoms with Crippen LogP contribution in [0.25, 0.3) is 11.3 Å². The van der Waals surface area contributed by atoms with E-state index in [-0.39, 0.29) is 41.7 Å². The van der Waals surface area contributed by atoms with Crippen LogP contribution in [-0.2, 0) is 15.4 Å². The molecule has 4 aromatic rings. The summed E-state index contributed by atoms with van der Waals surface area (Å²) >= 11 is 0. The number of H-pyrrole nitrogens is 1. The second-order valence-corrected chi connectivity index (χ2v) is 11.0. The summed E-state index contributed by atoms with van der Waals surface area (Å²) in [5.41, 5.74) is -1.03. The minimum atomic E-state index is -5.03. The summed E-state index contributed by atoms with van der Waals surface area (Å²) < 4.78 is 116. The van der Waals surface area contributed by atoms with E-state index in [4.69, 9.17) is 9.26 Å². The number of aromatic nitrogens is 3. The Morgan fingerprint density at radius 3 is 2.39 bits per heavy atom. The zero-order chi connectivity index (χ0) is 29.6. The van der Waals surface area contributed by atoms with E-state index in [1.54, 1.807) is 11.6 Å². The number of alkyl halides is 5. The monoisotopic (exact) mass is 601 g/mol. The average molecular weight is 602 g/mol. The third-order valence-electron chi connectivity index (χ3n) is 6.53. The Balaban J connectivity index is 1.39. The molecule has 0 bridgehead atoms. The van der Waals surface area contributed by atoms with Crippen LogP contribution in [0.5, 0.6) is 5.75 Å². The first-order valence-corrected chi connectivity index (χ1v) is 13.5. The van der Waals surface area contributed by atoms with Gasteiger partial charge in [-0.1, -0.05) is 23.4 Å². The highest BCUT2D eigenvalue weighted by Crippen LogP contribution is 2.59. The van der Waals surface area contributed by atoms with Crippen molar-refractivity contribution in [2.45, 2.75) is 43.2 Å². The molecule has 1 saturated carbocycles. The maximum Gasteiger partial charge on any atom is 0.401 e. The maximum absolute atomic E-state index is 13.4. The van der Waals surface area contributed by atoms with Gasteiger partial charge in [-0.3, -0.25) is 9.82 Å². The van der Waals surface area contributed by atoms with Gasteiger partial charge in [0.2, 0.25) is 0 Å². The zero-order valence-electron chi connectivity index (χ0n) is 21.0. The highest BCUT2D eigenvalue weighted by atomic mass is 32.2. The van der Waals surface area contributed by atoms with Crippen LogP contribution in [0.4, 0.5) is 43.7 Å². The Labute approximate surface area is 228 Å². The van der Waals surface area contributed by atoms with Gasteiger partial charge in [0.25, 0.3) is 10.0 Å². The second-order valence-electron chi connectivity index (χ2n) is 9.38. The highest BCUT2D eigenvalue weighted by Gasteiger charge is 2.66. The average Bonchev–Trinajstić information content (AvgIpc) is 3.39. The van der Waals surface area contributed by atoms with Gasteiger partial charge in [-0.2, -0.15) is 27.1 Å². The highest BCUT2D eigenvalue weighted by molar-refractivity contribution is 7.93. The molecule has 41 heavy (non-hydrogen) atoms. The molecular weight excluding hydrogens is 580 g/mol. The van der Waals surface area contributed by atoms with Crippen LogP contribution in [0.1, 0.15) is 37.2 Å². The Bertz CT molecular complexity index is 1650. The number of ether oxygens (including phenoxy) is 1. The molecule has 2 heterocycles. The van der Waals surface area contributed by atoms with Crippen LogP contribution >= 0.6 is 0 Å². The number of aromatic amines is 1. The van der Waals surface area contributed by atoms with E-state index >= 15 is 0 Å². The van der Waals surface area contributed by atoms with Gasteiger partial charge in [0.1, 0.15) is 23.1 Å². The predicted octanol–water partition coefficient (Wildman–Crippen LogP) is 6.65. The predicted molar refractivity (Wildman–Crippen MR) is 135 cm³/mol. The molecule has 2 aromatic heterocycles. The zero-order valence-corrected chi connectivity index (χ0v) is 21.8. The van der Waals surface area contributed by atoms with Crippen molar-refractivity contribution in [2.75, 3.05) is 10.0 Å². The fourth-order valence-electron chi connectivity index (χ4n) is 4.08. The summed E-state index contributed by atoms with van der Waals surface area (Å²) in [6.45, 7) is 1.60. The van der Waals surface area contributed by atoms with Crippen molar-refractivity contribution in [1.29, 1.82) is 0 Å². The van der Waals surface area contributed by atoms with E-state index in [1.807, 2.05) is 0 Å². The fourth-order valence-corrected chi connectivity index (χ4v) is 4.65. The Hall–Kier alpha value is -4.21. The largest absolute Gasteiger partial charge is 0.484 e. The second kappa shape index (κ2) is 10.3. The number of hydrogen-bond acceptors (Lipinski definition) is 7. The van der Waals surface area contributed by atoms with Crippen molar-refractivity contribution in [1.82, 2.24) is 15.4 Å². The molecule has 16 heteroatoms. The van der Waals surface area contributed by atoms with Crippen LogP contribution in [0.3, 0.4) is 0 Å². The number of halogens is 6. The number of sulfonamides is 1. The summed E-state index contributed by atoms with van der Waals surface area (Å²) in [7, 11) is -5.03. The Morgan fingerprint density at radius 2 is 1.76 bits per heavy atom. The lowest BCUT2D eigenvalue weighted by Crippen LogP contribution is -2.28. The van der Waals surface area contributed by atoms with Crippen molar-refractivity contribution in [2.24, 2.45) is 0 Å². The molecule has 0 saturated heterocycles. The minimum absolute atomic E-state index is 0.00229. The van der Waals surface area contributed by atoms with Crippen molar-refractivity contribution in [3.63, 3.8) is 0 Å². The van der Waals surface area contributed by atoms with Crippen LogP contribution in [0, 0.1) is 5.82 Å². The van der Waals surface area contributed by atoms with Crippen molar-refractivity contribution < 1.29 is 44.0 Å². The molecule has 0 radical (unpaired) electrons. The number of anilines is 3. The topological polar surface area (TPSA) is 122 Å². The number of hydrogen-bond donors (Lipinski definition) is 3. The summed E-state index contributed by atoms with van der Waals surface area (Å²) in [4.78, 5) is 0. The van der Waals surface area contributed by atoms with E-state index < -0.39 is 39.3 Å². The summed E-state index contributed by atoms with van der Waals surface area (Å²) in [5, 5.41) is 13.1. The lowest BCUT2D eigenvalue weighted by atomic mass is 10.0. The molecule has 1 aliphatic rings. The minimum Gasteiger partial charge on any atom is -0.484 e. The molecule has 0 amide bonds. The molecule has 218 valence electrons. The van der Waals surface area contributed by atoms with Crippen molar-refractivity contribution in [3.8, 4) is 17.0 Å². The van der Waals surface area contributed by atoms with Gasteiger partial charge in [-0.15, -0.1) is 0 Å². The number of nitrogens with zero attached hydrogens (tertiary/aromatic N) is 2. The normalized spacial score (nSPS) is 15.5. The third-order valence-corrected chi connectivity index (χ3v) is 7.50. The molecule has 1 atom stereocenters. The molecule has 1 fully saturated rings. The quantitative estimate of drug-likeness (QED) is 0.174. The number of benzene rings is 2. The first-order chi connectivity index (χ1) is 19.3. The van der Waals surface area contributed by atoms with Gasteiger partial charge in [0.15, 0.2) is 17.4 Å². The lowest BCUT2D eigenvalue weighted by Gasteiger charge is -2.19. The van der Waals surface area contributed by atoms with Crippen LogP contribution < -0.4 is 14.8 Å². The summed E-state index contributed by atoms with van der Waals surface area (Å²) in [6.07, 6.45) is -5.39. The van der Waals surface area contributed by atoms with E-state index in [0.29, 0.717) is 16.8 Å². The van der Waals surface area contributed by atoms with E-state index in [0.717, 1.165) is 6.07 Å². The maximum atomic E-state index is 13.4. The standard InChI is InChI=1S/C25H21F6N5O4S/c1-13(14-2-5-16(26)6-3-14)39-19-10-15(4-7-17(19)36-41(37,38)23(27)28)18-11-21(34-33-18)32-22-12-20(40-35-22)24(8-9-24)25(29,30)31/h2-7,10-13,23,36H,8-9H2,1H3,(H2,32,33,34,35)/t13-/m0/s1. The van der Waals surface area contributed by atoms with E-state index in [2.05, 4.69) is 20.7 Å². The summed E-state index contributed by atoms with van der Waals surface area (Å²) in [5.74, 6) is -4.43. The first kappa shape index (κ1) is 28.3. The van der Waals surface area contributed by atoms with Gasteiger partial charge in [-0.05, 0) is 49.6 Å². The molecule has 5 rings (SSSR count). The van der Waals surface area contributed by atoms with Crippen LogP contribution in [-0.4, -0.2) is 35.7 Å².